The van der Waals surface area contributed by atoms with Crippen LogP contribution >= 0.6 is 0 Å². The van der Waals surface area contributed by atoms with Crippen molar-refractivity contribution in [3.63, 3.8) is 0 Å². The van der Waals surface area contributed by atoms with Gasteiger partial charge in [0.15, 0.2) is 0 Å². The first-order valence-electron chi connectivity index (χ1n) is 6.17. The van der Waals surface area contributed by atoms with Gasteiger partial charge in [-0.2, -0.15) is 4.31 Å². The van der Waals surface area contributed by atoms with Gasteiger partial charge < -0.3 is 0 Å². The molecule has 0 aromatic heterocycles. The van der Waals surface area contributed by atoms with Crippen molar-refractivity contribution >= 4 is 10.0 Å². The van der Waals surface area contributed by atoms with Gasteiger partial charge in [-0.25, -0.2) is 12.8 Å². The third-order valence-electron chi connectivity index (χ3n) is 3.10. The van der Waals surface area contributed by atoms with Crippen molar-refractivity contribution < 1.29 is 12.8 Å². The number of sulfonamides is 1. The van der Waals surface area contributed by atoms with Gasteiger partial charge in [-0.15, -0.1) is 0 Å². The Morgan fingerprint density at radius 2 is 1.65 bits per heavy atom. The van der Waals surface area contributed by atoms with Crippen LogP contribution in [0.25, 0.3) is 0 Å². The normalized spacial score (nSPS) is 11.8. The molecule has 0 atom stereocenters. The molecule has 0 spiro atoms. The van der Waals surface area contributed by atoms with E-state index in [1.807, 2.05) is 0 Å². The highest BCUT2D eigenvalue weighted by atomic mass is 32.2. The van der Waals surface area contributed by atoms with Gasteiger partial charge in [0.05, 0.1) is 4.90 Å². The van der Waals surface area contributed by atoms with Crippen LogP contribution in [0.2, 0.25) is 0 Å². The molecule has 0 fully saturated rings. The zero-order valence-electron chi connectivity index (χ0n) is 11.4. The Morgan fingerprint density at radius 3 is 2.25 bits per heavy atom. The maximum atomic E-state index is 12.8. The average molecular weight is 293 g/mol. The molecule has 0 radical (unpaired) electrons. The number of halogens is 1. The molecule has 0 N–H and O–H groups in total. The summed E-state index contributed by atoms with van der Waals surface area (Å²) in [4.78, 5) is 0.296. The van der Waals surface area contributed by atoms with E-state index < -0.39 is 10.0 Å². The van der Waals surface area contributed by atoms with E-state index in [0.717, 1.165) is 5.56 Å². The van der Waals surface area contributed by atoms with Crippen molar-refractivity contribution in [2.45, 2.75) is 18.4 Å². The van der Waals surface area contributed by atoms with Gasteiger partial charge in [0.25, 0.3) is 0 Å². The van der Waals surface area contributed by atoms with Gasteiger partial charge in [0, 0.05) is 13.6 Å². The van der Waals surface area contributed by atoms with Gasteiger partial charge in [0.2, 0.25) is 10.0 Å². The SMILES string of the molecule is Cc1ccccc1S(=O)(=O)N(C)Cc1ccc(F)cc1. The van der Waals surface area contributed by atoms with Gasteiger partial charge in [0.1, 0.15) is 5.82 Å². The summed E-state index contributed by atoms with van der Waals surface area (Å²) in [7, 11) is -2.02. The van der Waals surface area contributed by atoms with Crippen LogP contribution in [0, 0.1) is 12.7 Å². The minimum atomic E-state index is -3.54. The molecule has 0 unspecified atom stereocenters. The molecule has 0 amide bonds. The van der Waals surface area contributed by atoms with Gasteiger partial charge >= 0.3 is 0 Å². The van der Waals surface area contributed by atoms with Crippen molar-refractivity contribution in [1.29, 1.82) is 0 Å². The molecule has 0 aliphatic rings. The Labute approximate surface area is 118 Å². The fraction of sp³-hybridized carbons (Fsp3) is 0.200. The van der Waals surface area contributed by atoms with Gasteiger partial charge in [-0.05, 0) is 36.2 Å². The lowest BCUT2D eigenvalue weighted by atomic mass is 10.2. The molecular weight excluding hydrogens is 277 g/mol. The molecule has 2 aromatic carbocycles. The van der Waals surface area contributed by atoms with Gasteiger partial charge in [-0.3, -0.25) is 0 Å². The zero-order valence-corrected chi connectivity index (χ0v) is 12.2. The van der Waals surface area contributed by atoms with Crippen LogP contribution in [0.1, 0.15) is 11.1 Å². The fourth-order valence-electron chi connectivity index (χ4n) is 1.95. The molecule has 0 saturated heterocycles. The van der Waals surface area contributed by atoms with Crippen LogP contribution in [-0.4, -0.2) is 19.8 Å². The predicted molar refractivity (Wildman–Crippen MR) is 76.2 cm³/mol. The van der Waals surface area contributed by atoms with Crippen LogP contribution in [0.4, 0.5) is 4.39 Å². The summed E-state index contributed by atoms with van der Waals surface area (Å²) in [6, 6.07) is 12.7. The molecule has 2 aromatic rings. The standard InChI is InChI=1S/C15H16FNO2S/c1-12-5-3-4-6-15(12)20(18,19)17(2)11-13-7-9-14(16)10-8-13/h3-10H,11H2,1-2H3. The maximum Gasteiger partial charge on any atom is 0.243 e. The molecule has 0 saturated carbocycles. The Hall–Kier alpha value is -1.72. The quantitative estimate of drug-likeness (QED) is 0.869. The second kappa shape index (κ2) is 5.73. The van der Waals surface area contributed by atoms with Crippen LogP contribution in [-0.2, 0) is 16.6 Å². The monoisotopic (exact) mass is 293 g/mol. The highest BCUT2D eigenvalue weighted by Crippen LogP contribution is 2.20. The van der Waals surface area contributed by atoms with Crippen molar-refractivity contribution in [3.05, 3.63) is 65.5 Å². The topological polar surface area (TPSA) is 37.4 Å². The number of hydrogen-bond donors (Lipinski definition) is 0. The zero-order chi connectivity index (χ0) is 14.8. The number of aryl methyl sites for hydroxylation is 1. The Bertz CT molecular complexity index is 696. The maximum absolute atomic E-state index is 12.8. The lowest BCUT2D eigenvalue weighted by molar-refractivity contribution is 0.466. The number of nitrogens with zero attached hydrogens (tertiary/aromatic N) is 1. The minimum absolute atomic E-state index is 0.205. The Balaban J connectivity index is 2.26. The van der Waals surface area contributed by atoms with Crippen LogP contribution in [0.15, 0.2) is 53.4 Å². The summed E-state index contributed by atoms with van der Waals surface area (Å²) in [5.41, 5.74) is 1.45. The van der Waals surface area contributed by atoms with Crippen molar-refractivity contribution in [1.82, 2.24) is 4.31 Å². The van der Waals surface area contributed by atoms with E-state index in [9.17, 15) is 12.8 Å². The smallest absolute Gasteiger partial charge is 0.207 e. The lowest BCUT2D eigenvalue weighted by Crippen LogP contribution is -2.27. The highest BCUT2D eigenvalue weighted by molar-refractivity contribution is 7.89. The van der Waals surface area contributed by atoms with Crippen molar-refractivity contribution in [2.24, 2.45) is 0 Å². The summed E-state index contributed by atoms with van der Waals surface area (Å²) in [5, 5.41) is 0. The van der Waals surface area contributed by atoms with E-state index in [2.05, 4.69) is 0 Å². The van der Waals surface area contributed by atoms with Crippen LogP contribution in [0.5, 0.6) is 0 Å². The minimum Gasteiger partial charge on any atom is -0.207 e. The van der Waals surface area contributed by atoms with E-state index in [4.69, 9.17) is 0 Å². The van der Waals surface area contributed by atoms with E-state index in [1.54, 1.807) is 43.3 Å². The molecule has 0 aliphatic carbocycles. The number of hydrogen-bond acceptors (Lipinski definition) is 2. The third kappa shape index (κ3) is 3.05. The molecule has 5 heteroatoms. The Kier molecular flexibility index (Phi) is 4.20. The summed E-state index contributed by atoms with van der Waals surface area (Å²) < 4.78 is 39.1. The van der Waals surface area contributed by atoms with E-state index in [-0.39, 0.29) is 12.4 Å². The molecule has 0 aliphatic heterocycles. The van der Waals surface area contributed by atoms with Crippen molar-refractivity contribution in [3.8, 4) is 0 Å². The first-order valence-corrected chi connectivity index (χ1v) is 7.61. The molecule has 106 valence electrons. The number of benzene rings is 2. The molecule has 3 nitrogen and oxygen atoms in total. The molecule has 2 rings (SSSR count). The average Bonchev–Trinajstić information content (AvgIpc) is 2.41. The molecule has 0 heterocycles. The molecule has 0 bridgehead atoms. The Morgan fingerprint density at radius 1 is 1.05 bits per heavy atom. The van der Waals surface area contributed by atoms with Crippen LogP contribution in [0.3, 0.4) is 0 Å². The lowest BCUT2D eigenvalue weighted by Gasteiger charge is -2.18. The van der Waals surface area contributed by atoms with Crippen LogP contribution < -0.4 is 0 Å². The summed E-state index contributed by atoms with van der Waals surface area (Å²) >= 11 is 0. The largest absolute Gasteiger partial charge is 0.243 e. The fourth-order valence-corrected chi connectivity index (χ4v) is 3.33. The van der Waals surface area contributed by atoms with Gasteiger partial charge in [-0.1, -0.05) is 30.3 Å². The van der Waals surface area contributed by atoms with E-state index >= 15 is 0 Å². The number of rotatable bonds is 4. The summed E-state index contributed by atoms with van der Waals surface area (Å²) in [6.45, 7) is 1.97. The molecule has 20 heavy (non-hydrogen) atoms. The first-order chi connectivity index (χ1) is 9.41. The summed E-state index contributed by atoms with van der Waals surface area (Å²) in [6.07, 6.45) is 0. The highest BCUT2D eigenvalue weighted by Gasteiger charge is 2.22. The second-order valence-corrected chi connectivity index (χ2v) is 6.67. The third-order valence-corrected chi connectivity index (χ3v) is 5.06. The van der Waals surface area contributed by atoms with Crippen molar-refractivity contribution in [2.75, 3.05) is 7.05 Å². The summed E-state index contributed by atoms with van der Waals surface area (Å²) in [5.74, 6) is -0.335. The predicted octanol–water partition coefficient (Wildman–Crippen LogP) is 2.95. The second-order valence-electron chi connectivity index (χ2n) is 4.65. The first kappa shape index (κ1) is 14.7. The van der Waals surface area contributed by atoms with E-state index in [1.165, 1.54) is 23.5 Å². The van der Waals surface area contributed by atoms with E-state index in [0.29, 0.717) is 10.5 Å². The molecular formula is C15H16FNO2S.